The Morgan fingerprint density at radius 1 is 0.698 bits per heavy atom. The number of aromatic nitrogens is 4. The van der Waals surface area contributed by atoms with Crippen LogP contribution in [0.4, 0.5) is 28.1 Å². The first-order valence-electron chi connectivity index (χ1n) is 12.3. The van der Waals surface area contributed by atoms with Crippen molar-refractivity contribution in [1.82, 2.24) is 19.9 Å². The van der Waals surface area contributed by atoms with Crippen molar-refractivity contribution >= 4 is 98.9 Å². The molecule has 2 heterocycles. The number of nitrogens with two attached hydrogens (primary N) is 1. The fourth-order valence-corrected chi connectivity index (χ4v) is 3.90. The van der Waals surface area contributed by atoms with Crippen LogP contribution in [0.15, 0.2) is 53.7 Å². The number of nitrogen functional groups attached to an aromatic ring is 1. The molecule has 0 fully saturated rings. The first kappa shape index (κ1) is 36.2. The Labute approximate surface area is 278 Å². The standard InChI is InChI=1S/C14H13Cl3N4O.C7H10ClN3.C6H3Cl2NO/c1-7(2)11-6-12(17)20-13(19-11)21-14(22)18-8-3-4-9(15)10(16)5-8;1-4(2)5-3-6(8)11-7(9)10-5;7-5-2-1-4(9-10)3-6(5)8/h3-7H,1-2H3,(H2,18,19,20,21,22);3-4H,1-2H3,(H2,9,10,11);1-3H. The van der Waals surface area contributed by atoms with E-state index in [4.69, 9.17) is 75.3 Å². The Morgan fingerprint density at radius 3 is 1.74 bits per heavy atom. The van der Waals surface area contributed by atoms with Gasteiger partial charge in [-0.15, -0.1) is 4.91 Å². The van der Waals surface area contributed by atoms with E-state index >= 15 is 0 Å². The molecule has 0 saturated carbocycles. The summed E-state index contributed by atoms with van der Waals surface area (Å²) in [5.74, 6) is 0.868. The van der Waals surface area contributed by atoms with Crippen molar-refractivity contribution in [3.8, 4) is 0 Å². The van der Waals surface area contributed by atoms with Crippen molar-refractivity contribution in [2.45, 2.75) is 39.5 Å². The lowest BCUT2D eigenvalue weighted by Crippen LogP contribution is -2.21. The first-order valence-corrected chi connectivity index (χ1v) is 14.6. The summed E-state index contributed by atoms with van der Waals surface area (Å²) in [6.07, 6.45) is 0. The van der Waals surface area contributed by atoms with Gasteiger partial charge in [0.1, 0.15) is 16.0 Å². The average molecular weight is 707 g/mol. The highest BCUT2D eigenvalue weighted by Crippen LogP contribution is 2.27. The normalized spacial score (nSPS) is 10.3. The molecule has 2 amide bonds. The van der Waals surface area contributed by atoms with E-state index in [0.29, 0.717) is 36.8 Å². The molecule has 0 saturated heterocycles. The van der Waals surface area contributed by atoms with Crippen LogP contribution < -0.4 is 16.4 Å². The van der Waals surface area contributed by atoms with Gasteiger partial charge in [-0.25, -0.2) is 24.7 Å². The maximum absolute atomic E-state index is 11.9. The predicted molar refractivity (Wildman–Crippen MR) is 178 cm³/mol. The molecule has 228 valence electrons. The zero-order valence-corrected chi connectivity index (χ0v) is 27.7. The molecule has 0 atom stereocenters. The van der Waals surface area contributed by atoms with Gasteiger partial charge in [0.15, 0.2) is 0 Å². The van der Waals surface area contributed by atoms with E-state index in [9.17, 15) is 9.70 Å². The summed E-state index contributed by atoms with van der Waals surface area (Å²) < 4.78 is 0. The number of benzene rings is 2. The monoisotopic (exact) mass is 704 g/mol. The fraction of sp³-hybridized carbons (Fsp3) is 0.222. The summed E-state index contributed by atoms with van der Waals surface area (Å²) >= 11 is 34.4. The van der Waals surface area contributed by atoms with Crippen LogP contribution >= 0.6 is 69.6 Å². The second-order valence-electron chi connectivity index (χ2n) is 9.12. The molecule has 0 radical (unpaired) electrons. The number of nitrogens with zero attached hydrogens (tertiary/aromatic N) is 5. The summed E-state index contributed by atoms with van der Waals surface area (Å²) in [4.78, 5) is 37.8. The highest BCUT2D eigenvalue weighted by molar-refractivity contribution is 6.42. The van der Waals surface area contributed by atoms with Crippen LogP contribution in [0.2, 0.25) is 30.4 Å². The molecule has 4 rings (SSSR count). The molecule has 10 nitrogen and oxygen atoms in total. The second-order valence-corrected chi connectivity index (χ2v) is 11.5. The number of hydrogen-bond donors (Lipinski definition) is 3. The number of nitrogens with one attached hydrogen (secondary N) is 2. The molecule has 2 aromatic carbocycles. The minimum absolute atomic E-state index is 0.133. The van der Waals surface area contributed by atoms with Crippen LogP contribution in [0, 0.1) is 4.91 Å². The molecule has 0 aliphatic carbocycles. The highest BCUT2D eigenvalue weighted by atomic mass is 35.5. The summed E-state index contributed by atoms with van der Waals surface area (Å²) in [5, 5.41) is 10.0. The lowest BCUT2D eigenvalue weighted by Gasteiger charge is -2.10. The largest absolute Gasteiger partial charge is 0.368 e. The molecule has 0 spiro atoms. The highest BCUT2D eigenvalue weighted by Gasteiger charge is 2.10. The average Bonchev–Trinajstić information content (AvgIpc) is 2.92. The number of carbonyl (C=O) groups is 1. The van der Waals surface area contributed by atoms with E-state index in [1.54, 1.807) is 30.3 Å². The van der Waals surface area contributed by atoms with Crippen LogP contribution in [0.25, 0.3) is 0 Å². The zero-order chi connectivity index (χ0) is 32.3. The lowest BCUT2D eigenvalue weighted by atomic mass is 10.1. The molecular formula is C27H26Cl6N8O2. The van der Waals surface area contributed by atoms with Crippen LogP contribution in [-0.2, 0) is 0 Å². The molecular weight excluding hydrogens is 681 g/mol. The van der Waals surface area contributed by atoms with Gasteiger partial charge in [0.2, 0.25) is 11.9 Å². The van der Waals surface area contributed by atoms with Gasteiger partial charge in [0, 0.05) is 11.4 Å². The Bertz CT molecular complexity index is 1550. The molecule has 4 aromatic rings. The molecule has 4 N–H and O–H groups in total. The summed E-state index contributed by atoms with van der Waals surface area (Å²) in [6.45, 7) is 7.99. The zero-order valence-electron chi connectivity index (χ0n) is 23.2. The maximum Gasteiger partial charge on any atom is 0.326 e. The Morgan fingerprint density at radius 2 is 1.23 bits per heavy atom. The number of hydrogen-bond acceptors (Lipinski definition) is 8. The quantitative estimate of drug-likeness (QED) is 0.138. The van der Waals surface area contributed by atoms with Crippen LogP contribution in [0.1, 0.15) is 50.9 Å². The van der Waals surface area contributed by atoms with Crippen molar-refractivity contribution < 1.29 is 4.79 Å². The predicted octanol–water partition coefficient (Wildman–Crippen LogP) is 10.4. The molecule has 0 aliphatic heterocycles. The van der Waals surface area contributed by atoms with E-state index in [1.807, 2.05) is 27.7 Å². The van der Waals surface area contributed by atoms with E-state index in [0.717, 1.165) is 11.4 Å². The second kappa shape index (κ2) is 17.3. The number of urea groups is 1. The van der Waals surface area contributed by atoms with Gasteiger partial charge >= 0.3 is 6.03 Å². The van der Waals surface area contributed by atoms with Gasteiger partial charge < -0.3 is 11.1 Å². The molecule has 16 heteroatoms. The number of rotatable bonds is 5. The van der Waals surface area contributed by atoms with Crippen molar-refractivity contribution in [3.63, 3.8) is 0 Å². The van der Waals surface area contributed by atoms with Gasteiger partial charge in [-0.3, -0.25) is 5.32 Å². The minimum Gasteiger partial charge on any atom is -0.368 e. The van der Waals surface area contributed by atoms with Crippen molar-refractivity contribution in [2.75, 3.05) is 16.4 Å². The summed E-state index contributed by atoms with van der Waals surface area (Å²) in [7, 11) is 0. The van der Waals surface area contributed by atoms with Crippen molar-refractivity contribution in [2.24, 2.45) is 5.18 Å². The lowest BCUT2D eigenvalue weighted by molar-refractivity contribution is 0.262. The maximum atomic E-state index is 11.9. The summed E-state index contributed by atoms with van der Waals surface area (Å²) in [5.41, 5.74) is 7.79. The molecule has 0 unspecified atom stereocenters. The summed E-state index contributed by atoms with van der Waals surface area (Å²) in [6, 6.07) is 12.1. The smallest absolute Gasteiger partial charge is 0.326 e. The van der Waals surface area contributed by atoms with Crippen molar-refractivity contribution in [3.05, 3.63) is 95.2 Å². The van der Waals surface area contributed by atoms with Gasteiger partial charge in [0.05, 0.1) is 25.8 Å². The number of halogens is 6. The van der Waals surface area contributed by atoms with Gasteiger partial charge in [-0.1, -0.05) is 97.3 Å². The van der Waals surface area contributed by atoms with Gasteiger partial charge in [-0.2, -0.15) is 0 Å². The molecule has 0 bridgehead atoms. The Balaban J connectivity index is 0.000000255. The number of nitroso groups, excluding NO2 is 1. The molecule has 0 aliphatic rings. The van der Waals surface area contributed by atoms with Crippen LogP contribution in [0.3, 0.4) is 0 Å². The minimum atomic E-state index is -0.504. The molecule has 43 heavy (non-hydrogen) atoms. The number of anilines is 3. The van der Waals surface area contributed by atoms with E-state index in [-0.39, 0.29) is 28.7 Å². The molecule has 2 aromatic heterocycles. The van der Waals surface area contributed by atoms with E-state index < -0.39 is 6.03 Å². The Hall–Kier alpha value is -2.99. The van der Waals surface area contributed by atoms with Gasteiger partial charge in [0.25, 0.3) is 0 Å². The van der Waals surface area contributed by atoms with E-state index in [2.05, 4.69) is 35.7 Å². The van der Waals surface area contributed by atoms with Crippen LogP contribution in [-0.4, -0.2) is 26.0 Å². The fourth-order valence-electron chi connectivity index (χ4n) is 2.92. The third-order valence-corrected chi connectivity index (χ3v) is 6.91. The first-order chi connectivity index (χ1) is 20.2. The SMILES string of the molecule is CC(C)c1cc(Cl)nc(N)n1.CC(C)c1cc(Cl)nc(NC(=O)Nc2ccc(Cl)c(Cl)c2)n1.O=Nc1ccc(Cl)c(Cl)c1. The topological polar surface area (TPSA) is 148 Å². The van der Waals surface area contributed by atoms with E-state index in [1.165, 1.54) is 18.2 Å². The third kappa shape index (κ3) is 12.6. The Kier molecular flexibility index (Phi) is 14.6. The van der Waals surface area contributed by atoms with Gasteiger partial charge in [-0.05, 0) is 65.5 Å². The third-order valence-electron chi connectivity index (χ3n) is 5.04. The number of amides is 2. The number of carbonyl (C=O) groups excluding carboxylic acids is 1. The van der Waals surface area contributed by atoms with Crippen LogP contribution in [0.5, 0.6) is 0 Å². The van der Waals surface area contributed by atoms with Crippen molar-refractivity contribution in [1.29, 1.82) is 0 Å².